The number of carbonyl (C=O) groups is 1. The molecule has 17 heavy (non-hydrogen) atoms. The molecule has 0 radical (unpaired) electrons. The number of likely N-dealkylation sites (tertiary alicyclic amines) is 1. The monoisotopic (exact) mass is 254 g/mol. The average molecular weight is 255 g/mol. The van der Waals surface area contributed by atoms with Gasteiger partial charge in [0.15, 0.2) is 0 Å². The third-order valence-corrected chi connectivity index (χ3v) is 3.48. The van der Waals surface area contributed by atoms with Gasteiger partial charge in [-0.15, -0.1) is 11.6 Å². The fraction of sp³-hybridized carbons (Fsp3) is 0.500. The van der Waals surface area contributed by atoms with Crippen LogP contribution in [0.4, 0.5) is 0 Å². The van der Waals surface area contributed by atoms with Crippen molar-refractivity contribution in [2.75, 3.05) is 19.0 Å². The lowest BCUT2D eigenvalue weighted by atomic mass is 9.99. The number of aromatic nitrogens is 1. The lowest BCUT2D eigenvalue weighted by Crippen LogP contribution is -2.40. The quantitative estimate of drug-likeness (QED) is 0.813. The molecule has 1 aliphatic heterocycles. The van der Waals surface area contributed by atoms with Crippen molar-refractivity contribution in [3.63, 3.8) is 0 Å². The van der Waals surface area contributed by atoms with E-state index in [0.717, 1.165) is 19.4 Å². The third kappa shape index (κ3) is 2.88. The molecule has 5 heteroatoms. The Bertz CT molecular complexity index is 458. The van der Waals surface area contributed by atoms with Crippen LogP contribution in [0.25, 0.3) is 0 Å². The largest absolute Gasteiger partial charge is 0.338 e. The number of amides is 1. The first kappa shape index (κ1) is 12.2. The van der Waals surface area contributed by atoms with Gasteiger partial charge in [-0.25, -0.2) is 0 Å². The van der Waals surface area contributed by atoms with E-state index in [2.05, 4.69) is 4.98 Å². The lowest BCUT2D eigenvalue weighted by Gasteiger charge is -2.31. The smallest absolute Gasteiger partial charge is 0.254 e. The molecule has 92 valence electrons. The first-order valence-electron chi connectivity index (χ1n) is 5.74. The Morgan fingerprint density at radius 3 is 3.12 bits per heavy atom. The van der Waals surface area contributed by atoms with Crippen molar-refractivity contribution >= 4 is 17.5 Å². The van der Waals surface area contributed by atoms with Gasteiger partial charge in [0, 0.05) is 36.8 Å². The Kier molecular flexibility index (Phi) is 3.84. The zero-order chi connectivity index (χ0) is 12.3. The number of alkyl halides is 1. The van der Waals surface area contributed by atoms with Crippen LogP contribution in [0.15, 0.2) is 23.1 Å². The summed E-state index contributed by atoms with van der Waals surface area (Å²) in [5, 5.41) is 0. The number of carbonyl (C=O) groups excluding carboxylic acids is 1. The van der Waals surface area contributed by atoms with Crippen LogP contribution >= 0.6 is 11.6 Å². The molecule has 1 aliphatic rings. The fourth-order valence-corrected chi connectivity index (χ4v) is 2.39. The molecule has 1 unspecified atom stereocenters. The number of pyridine rings is 1. The molecular weight excluding hydrogens is 240 g/mol. The van der Waals surface area contributed by atoms with Crippen LogP contribution in [0.5, 0.6) is 0 Å². The summed E-state index contributed by atoms with van der Waals surface area (Å²) >= 11 is 5.83. The van der Waals surface area contributed by atoms with Crippen LogP contribution < -0.4 is 5.56 Å². The predicted molar refractivity (Wildman–Crippen MR) is 66.4 cm³/mol. The molecular formula is C12H15ClN2O2. The summed E-state index contributed by atoms with van der Waals surface area (Å²) in [6, 6.07) is 2.97. The van der Waals surface area contributed by atoms with E-state index in [1.165, 1.54) is 12.3 Å². The molecule has 1 aromatic heterocycles. The van der Waals surface area contributed by atoms with Gasteiger partial charge < -0.3 is 9.88 Å². The molecule has 0 aliphatic carbocycles. The van der Waals surface area contributed by atoms with Crippen molar-refractivity contribution in [1.82, 2.24) is 9.88 Å². The number of piperidine rings is 1. The van der Waals surface area contributed by atoms with E-state index >= 15 is 0 Å². The molecule has 2 heterocycles. The summed E-state index contributed by atoms with van der Waals surface area (Å²) in [5.41, 5.74) is 0.200. The number of nitrogens with zero attached hydrogens (tertiary/aromatic N) is 1. The van der Waals surface area contributed by atoms with Crippen LogP contribution in [-0.2, 0) is 0 Å². The first-order chi connectivity index (χ1) is 8.20. The normalized spacial score (nSPS) is 20.3. The summed E-state index contributed by atoms with van der Waals surface area (Å²) in [4.78, 5) is 27.6. The van der Waals surface area contributed by atoms with Crippen molar-refractivity contribution in [1.29, 1.82) is 0 Å². The summed E-state index contributed by atoms with van der Waals surface area (Å²) in [5.74, 6) is 0.876. The van der Waals surface area contributed by atoms with Gasteiger partial charge in [0.2, 0.25) is 5.56 Å². The summed E-state index contributed by atoms with van der Waals surface area (Å²) in [6.07, 6.45) is 3.55. The highest BCUT2D eigenvalue weighted by Gasteiger charge is 2.23. The first-order valence-corrected chi connectivity index (χ1v) is 6.28. The zero-order valence-electron chi connectivity index (χ0n) is 9.49. The standard InChI is InChI=1S/C12H15ClN2O2/c13-7-9-2-1-5-15(8-9)12(17)10-3-4-14-11(16)6-10/h3-4,6,9H,1-2,5,7-8H2,(H,14,16). The van der Waals surface area contributed by atoms with E-state index in [1.54, 1.807) is 11.0 Å². The molecule has 0 bridgehead atoms. The minimum Gasteiger partial charge on any atom is -0.338 e. The number of hydrogen-bond acceptors (Lipinski definition) is 2. The number of aromatic amines is 1. The molecule has 1 aromatic rings. The topological polar surface area (TPSA) is 53.2 Å². The van der Waals surface area contributed by atoms with Gasteiger partial charge in [-0.3, -0.25) is 9.59 Å². The second kappa shape index (κ2) is 5.36. The molecule has 4 nitrogen and oxygen atoms in total. The Hall–Kier alpha value is -1.29. The highest BCUT2D eigenvalue weighted by molar-refractivity contribution is 6.18. The second-order valence-electron chi connectivity index (χ2n) is 4.36. The SMILES string of the molecule is O=C(c1cc[nH]c(=O)c1)N1CCCC(CCl)C1. The maximum absolute atomic E-state index is 12.1. The summed E-state index contributed by atoms with van der Waals surface area (Å²) in [6.45, 7) is 1.44. The molecule has 0 spiro atoms. The molecule has 1 atom stereocenters. The molecule has 0 aromatic carbocycles. The molecule has 1 saturated heterocycles. The average Bonchev–Trinajstić information content (AvgIpc) is 2.38. The highest BCUT2D eigenvalue weighted by atomic mass is 35.5. The van der Waals surface area contributed by atoms with Gasteiger partial charge in [-0.1, -0.05) is 0 Å². The van der Waals surface area contributed by atoms with Crippen LogP contribution in [0.1, 0.15) is 23.2 Å². The lowest BCUT2D eigenvalue weighted by molar-refractivity contribution is 0.0684. The van der Waals surface area contributed by atoms with Crippen molar-refractivity contribution < 1.29 is 4.79 Å². The van der Waals surface area contributed by atoms with E-state index in [0.29, 0.717) is 23.9 Å². The molecule has 0 saturated carbocycles. The van der Waals surface area contributed by atoms with Gasteiger partial charge >= 0.3 is 0 Å². The van der Waals surface area contributed by atoms with Crippen molar-refractivity contribution in [2.24, 2.45) is 5.92 Å². The van der Waals surface area contributed by atoms with Gasteiger partial charge in [0.1, 0.15) is 0 Å². The summed E-state index contributed by atoms with van der Waals surface area (Å²) < 4.78 is 0. The van der Waals surface area contributed by atoms with Crippen LogP contribution in [-0.4, -0.2) is 34.8 Å². The van der Waals surface area contributed by atoms with Crippen molar-refractivity contribution in [2.45, 2.75) is 12.8 Å². The number of halogens is 1. The number of H-pyrrole nitrogens is 1. The zero-order valence-corrected chi connectivity index (χ0v) is 10.2. The number of nitrogens with one attached hydrogen (secondary N) is 1. The van der Waals surface area contributed by atoms with E-state index < -0.39 is 0 Å². The van der Waals surface area contributed by atoms with Crippen LogP contribution in [0.2, 0.25) is 0 Å². The van der Waals surface area contributed by atoms with Gasteiger partial charge in [0.05, 0.1) is 0 Å². The number of hydrogen-bond donors (Lipinski definition) is 1. The Balaban J connectivity index is 2.12. The molecule has 1 N–H and O–H groups in total. The maximum atomic E-state index is 12.1. The molecule has 1 fully saturated rings. The molecule has 1 amide bonds. The van der Waals surface area contributed by atoms with Crippen LogP contribution in [0.3, 0.4) is 0 Å². The predicted octanol–water partition coefficient (Wildman–Crippen LogP) is 1.47. The minimum atomic E-state index is -0.248. The van der Waals surface area contributed by atoms with Gasteiger partial charge in [-0.05, 0) is 24.8 Å². The molecule has 2 rings (SSSR count). The Morgan fingerprint density at radius 1 is 1.59 bits per heavy atom. The minimum absolute atomic E-state index is 0.0779. The van der Waals surface area contributed by atoms with E-state index in [1.807, 2.05) is 0 Å². The Labute approximate surface area is 105 Å². The van der Waals surface area contributed by atoms with E-state index in [9.17, 15) is 9.59 Å². The highest BCUT2D eigenvalue weighted by Crippen LogP contribution is 2.19. The summed E-state index contributed by atoms with van der Waals surface area (Å²) in [7, 11) is 0. The Morgan fingerprint density at radius 2 is 2.41 bits per heavy atom. The maximum Gasteiger partial charge on any atom is 0.254 e. The van der Waals surface area contributed by atoms with E-state index in [4.69, 9.17) is 11.6 Å². The second-order valence-corrected chi connectivity index (χ2v) is 4.66. The van der Waals surface area contributed by atoms with Gasteiger partial charge in [0.25, 0.3) is 5.91 Å². The van der Waals surface area contributed by atoms with E-state index in [-0.39, 0.29) is 11.5 Å². The third-order valence-electron chi connectivity index (χ3n) is 3.05. The number of rotatable bonds is 2. The van der Waals surface area contributed by atoms with Crippen molar-refractivity contribution in [3.05, 3.63) is 34.2 Å². The van der Waals surface area contributed by atoms with Gasteiger partial charge in [-0.2, -0.15) is 0 Å². The van der Waals surface area contributed by atoms with Crippen molar-refractivity contribution in [3.8, 4) is 0 Å². The van der Waals surface area contributed by atoms with Crippen LogP contribution in [0, 0.1) is 5.92 Å². The fourth-order valence-electron chi connectivity index (χ4n) is 2.14.